The van der Waals surface area contributed by atoms with Crippen LogP contribution in [0.25, 0.3) is 0 Å². The minimum atomic E-state index is 0. The normalized spacial score (nSPS) is 17.9. The topological polar surface area (TPSA) is 45.5 Å². The molecule has 0 saturated carbocycles. The average Bonchev–Trinajstić information content (AvgIpc) is 3.24. The van der Waals surface area contributed by atoms with Gasteiger partial charge in [0, 0.05) is 43.7 Å². The highest BCUT2D eigenvalue weighted by Gasteiger charge is 2.26. The van der Waals surface area contributed by atoms with Crippen molar-refractivity contribution in [1.82, 2.24) is 20.0 Å². The molecule has 0 bridgehead atoms. The predicted octanol–water partition coefficient (Wildman–Crippen LogP) is 3.71. The van der Waals surface area contributed by atoms with Crippen molar-refractivity contribution in [3.05, 3.63) is 39.3 Å². The highest BCUT2D eigenvalue weighted by atomic mass is 127. The molecule has 5 nitrogen and oxygen atoms in total. The maximum Gasteiger partial charge on any atom is 0.194 e. The largest absolute Gasteiger partial charge is 0.357 e. The molecule has 1 unspecified atom stereocenters. The van der Waals surface area contributed by atoms with Gasteiger partial charge in [-0.2, -0.15) is 5.10 Å². The molecule has 8 heteroatoms. The molecule has 24 heavy (non-hydrogen) atoms. The highest BCUT2D eigenvalue weighted by Crippen LogP contribution is 2.27. The fourth-order valence-electron chi connectivity index (χ4n) is 2.89. The van der Waals surface area contributed by atoms with Crippen LogP contribution in [0.4, 0.5) is 0 Å². The highest BCUT2D eigenvalue weighted by molar-refractivity contribution is 14.0. The molecule has 2 aromatic heterocycles. The van der Waals surface area contributed by atoms with Gasteiger partial charge in [-0.25, -0.2) is 4.99 Å². The molecule has 3 rings (SSSR count). The summed E-state index contributed by atoms with van der Waals surface area (Å²) >= 11 is 7.58. The zero-order chi connectivity index (χ0) is 16.2. The summed E-state index contributed by atoms with van der Waals surface area (Å²) in [5.74, 6) is 1.52. The van der Waals surface area contributed by atoms with Gasteiger partial charge >= 0.3 is 0 Å². The fourth-order valence-corrected chi connectivity index (χ4v) is 3.90. The third kappa shape index (κ3) is 4.86. The van der Waals surface area contributed by atoms with Crippen LogP contribution in [0.5, 0.6) is 0 Å². The molecule has 1 aliphatic heterocycles. The number of aryl methyl sites for hydroxylation is 1. The molecular formula is C16H23ClIN5S. The van der Waals surface area contributed by atoms with E-state index in [4.69, 9.17) is 16.6 Å². The van der Waals surface area contributed by atoms with Gasteiger partial charge in [-0.05, 0) is 31.0 Å². The van der Waals surface area contributed by atoms with Gasteiger partial charge in [0.05, 0.1) is 17.1 Å². The fraction of sp³-hybridized carbons (Fsp3) is 0.500. The van der Waals surface area contributed by atoms with E-state index < -0.39 is 0 Å². The smallest absolute Gasteiger partial charge is 0.194 e. The van der Waals surface area contributed by atoms with E-state index in [0.29, 0.717) is 12.5 Å². The van der Waals surface area contributed by atoms with E-state index in [0.717, 1.165) is 36.4 Å². The summed E-state index contributed by atoms with van der Waals surface area (Å²) in [6, 6.07) is 3.97. The molecule has 3 heterocycles. The minimum absolute atomic E-state index is 0. The number of hydrogen-bond donors (Lipinski definition) is 1. The Morgan fingerprint density at radius 2 is 2.33 bits per heavy atom. The number of aromatic nitrogens is 2. The number of halogens is 2. The van der Waals surface area contributed by atoms with Crippen molar-refractivity contribution in [2.75, 3.05) is 19.6 Å². The molecule has 0 amide bonds. The number of nitrogens with zero attached hydrogens (tertiary/aromatic N) is 4. The summed E-state index contributed by atoms with van der Waals surface area (Å²) in [6.07, 6.45) is 5.23. The number of hydrogen-bond acceptors (Lipinski definition) is 3. The molecule has 2 aromatic rings. The summed E-state index contributed by atoms with van der Waals surface area (Å²) in [5.41, 5.74) is 1.32. The third-order valence-electron chi connectivity index (χ3n) is 4.03. The van der Waals surface area contributed by atoms with Crippen LogP contribution >= 0.6 is 46.9 Å². The lowest BCUT2D eigenvalue weighted by molar-refractivity contribution is 0.486. The predicted molar refractivity (Wildman–Crippen MR) is 112 cm³/mol. The van der Waals surface area contributed by atoms with Gasteiger partial charge in [-0.15, -0.1) is 35.3 Å². The maximum absolute atomic E-state index is 5.99. The van der Waals surface area contributed by atoms with E-state index in [1.165, 1.54) is 10.4 Å². The maximum atomic E-state index is 5.99. The molecule has 0 aliphatic carbocycles. The molecule has 0 spiro atoms. The van der Waals surface area contributed by atoms with Crippen LogP contribution in [-0.2, 0) is 13.6 Å². The Hall–Kier alpha value is -0.800. The second kappa shape index (κ2) is 9.05. The monoisotopic (exact) mass is 479 g/mol. The van der Waals surface area contributed by atoms with Crippen molar-refractivity contribution in [3.8, 4) is 0 Å². The van der Waals surface area contributed by atoms with Crippen molar-refractivity contribution in [3.63, 3.8) is 0 Å². The Morgan fingerprint density at radius 3 is 2.96 bits per heavy atom. The zero-order valence-electron chi connectivity index (χ0n) is 13.9. The molecular weight excluding hydrogens is 457 g/mol. The number of likely N-dealkylation sites (tertiary alicyclic amines) is 1. The van der Waals surface area contributed by atoms with Crippen LogP contribution in [0.2, 0.25) is 4.34 Å². The van der Waals surface area contributed by atoms with Crippen molar-refractivity contribution in [2.24, 2.45) is 12.0 Å². The quantitative estimate of drug-likeness (QED) is 0.413. The zero-order valence-corrected chi connectivity index (χ0v) is 17.8. The first kappa shape index (κ1) is 19.5. The summed E-state index contributed by atoms with van der Waals surface area (Å²) in [5, 5.41) is 7.69. The number of rotatable bonds is 4. The third-order valence-corrected chi connectivity index (χ3v) is 5.25. The number of guanidine groups is 1. The summed E-state index contributed by atoms with van der Waals surface area (Å²) in [4.78, 5) is 8.31. The average molecular weight is 480 g/mol. The summed E-state index contributed by atoms with van der Waals surface area (Å²) in [7, 11) is 1.97. The van der Waals surface area contributed by atoms with Gasteiger partial charge in [0.15, 0.2) is 5.96 Å². The van der Waals surface area contributed by atoms with E-state index in [9.17, 15) is 0 Å². The van der Waals surface area contributed by atoms with Crippen LogP contribution < -0.4 is 5.32 Å². The molecule has 0 radical (unpaired) electrons. The number of aliphatic imine (C=N–C) groups is 1. The van der Waals surface area contributed by atoms with E-state index >= 15 is 0 Å². The lowest BCUT2D eigenvalue weighted by Gasteiger charge is -2.21. The van der Waals surface area contributed by atoms with Crippen LogP contribution in [0, 0.1) is 0 Å². The van der Waals surface area contributed by atoms with Gasteiger partial charge in [0.2, 0.25) is 0 Å². The van der Waals surface area contributed by atoms with E-state index in [1.807, 2.05) is 30.1 Å². The second-order valence-electron chi connectivity index (χ2n) is 5.75. The standard InChI is InChI=1S/C16H22ClN5S.HI/c1-3-18-16(19-9-14-4-5-15(17)23-14)22-7-6-12(11-22)13-8-20-21(2)10-13;/h4-5,8,10,12H,3,6-7,9,11H2,1-2H3,(H,18,19);1H. The van der Waals surface area contributed by atoms with Gasteiger partial charge in [0.25, 0.3) is 0 Å². The van der Waals surface area contributed by atoms with Crippen molar-refractivity contribution >= 4 is 52.9 Å². The Balaban J connectivity index is 0.00000208. The van der Waals surface area contributed by atoms with E-state index in [1.54, 1.807) is 11.3 Å². The Bertz CT molecular complexity index is 684. The van der Waals surface area contributed by atoms with Gasteiger partial charge in [-0.3, -0.25) is 4.68 Å². The van der Waals surface area contributed by atoms with Crippen LogP contribution in [0.15, 0.2) is 29.5 Å². The molecule has 132 valence electrons. The first-order valence-electron chi connectivity index (χ1n) is 7.91. The van der Waals surface area contributed by atoms with Crippen LogP contribution in [-0.4, -0.2) is 40.3 Å². The first-order chi connectivity index (χ1) is 11.2. The van der Waals surface area contributed by atoms with E-state index in [-0.39, 0.29) is 24.0 Å². The van der Waals surface area contributed by atoms with Crippen LogP contribution in [0.3, 0.4) is 0 Å². The van der Waals surface area contributed by atoms with Crippen molar-refractivity contribution < 1.29 is 0 Å². The lowest BCUT2D eigenvalue weighted by Crippen LogP contribution is -2.39. The van der Waals surface area contributed by atoms with Gasteiger partial charge in [-0.1, -0.05) is 11.6 Å². The minimum Gasteiger partial charge on any atom is -0.357 e. The van der Waals surface area contributed by atoms with Gasteiger partial charge in [0.1, 0.15) is 0 Å². The van der Waals surface area contributed by atoms with E-state index in [2.05, 4.69) is 28.4 Å². The summed E-state index contributed by atoms with van der Waals surface area (Å²) in [6.45, 7) is 5.66. The molecule has 1 atom stereocenters. The SMILES string of the molecule is CCNC(=NCc1ccc(Cl)s1)N1CCC(c2cnn(C)c2)C1.I. The molecule has 1 saturated heterocycles. The second-order valence-corrected chi connectivity index (χ2v) is 7.55. The lowest BCUT2D eigenvalue weighted by atomic mass is 10.0. The van der Waals surface area contributed by atoms with Gasteiger partial charge < -0.3 is 10.2 Å². The molecule has 1 aliphatic rings. The Morgan fingerprint density at radius 1 is 1.50 bits per heavy atom. The Kier molecular flexibility index (Phi) is 7.36. The summed E-state index contributed by atoms with van der Waals surface area (Å²) < 4.78 is 2.69. The van der Waals surface area contributed by atoms with Crippen LogP contribution in [0.1, 0.15) is 29.7 Å². The molecule has 1 fully saturated rings. The first-order valence-corrected chi connectivity index (χ1v) is 9.11. The Labute approximate surface area is 169 Å². The van der Waals surface area contributed by atoms with Crippen molar-refractivity contribution in [2.45, 2.75) is 25.8 Å². The van der Waals surface area contributed by atoms with Crippen molar-refractivity contribution in [1.29, 1.82) is 0 Å². The molecule has 1 N–H and O–H groups in total. The number of thiophene rings is 1. The molecule has 0 aromatic carbocycles. The number of nitrogens with one attached hydrogen (secondary N) is 1.